The highest BCUT2D eigenvalue weighted by molar-refractivity contribution is 7.17. The minimum atomic E-state index is -0.261. The molecule has 23 heavy (non-hydrogen) atoms. The molecule has 1 saturated heterocycles. The maximum Gasteiger partial charge on any atom is 0.141 e. The van der Waals surface area contributed by atoms with E-state index in [4.69, 9.17) is 0 Å². The molecular weight excluding hydrogens is 306 g/mol. The Morgan fingerprint density at radius 1 is 1.22 bits per heavy atom. The van der Waals surface area contributed by atoms with Gasteiger partial charge in [-0.05, 0) is 19.4 Å². The Morgan fingerprint density at radius 3 is 2.65 bits per heavy atom. The van der Waals surface area contributed by atoms with Crippen LogP contribution in [0, 0.1) is 12.8 Å². The first-order valence-corrected chi connectivity index (χ1v) is 8.73. The number of aryl methyl sites for hydroxylation is 1. The highest BCUT2D eigenvalue weighted by atomic mass is 32.1. The molecule has 0 aliphatic carbocycles. The maximum atomic E-state index is 9.71. The zero-order valence-electron chi connectivity index (χ0n) is 13.2. The first-order chi connectivity index (χ1) is 11.1. The minimum absolute atomic E-state index is 0.261. The monoisotopic (exact) mass is 325 g/mol. The Morgan fingerprint density at radius 2 is 1.96 bits per heavy atom. The molecule has 5 heteroatoms. The van der Waals surface area contributed by atoms with E-state index in [1.807, 2.05) is 6.92 Å². The van der Waals surface area contributed by atoms with Crippen molar-refractivity contribution >= 4 is 27.4 Å². The highest BCUT2D eigenvalue weighted by Gasteiger charge is 2.32. The number of nitrogens with zero attached hydrogens (tertiary/aromatic N) is 3. The standard InChI is InChI=1S/C18H19N3OS/c1-11-3-5-13(6-4-11)15-9-23-18-16(15)17(19-10-20-18)21-7-14(8-21)12(2)22/h3-6,9-10,12,14,22H,7-8H2,1-2H3. The lowest BCUT2D eigenvalue weighted by Gasteiger charge is -2.41. The van der Waals surface area contributed by atoms with E-state index in [0.29, 0.717) is 5.92 Å². The second kappa shape index (κ2) is 5.58. The molecule has 118 valence electrons. The first-order valence-electron chi connectivity index (χ1n) is 7.85. The summed E-state index contributed by atoms with van der Waals surface area (Å²) in [5, 5.41) is 13.0. The van der Waals surface area contributed by atoms with E-state index in [0.717, 1.165) is 29.1 Å². The molecular formula is C18H19N3OS. The van der Waals surface area contributed by atoms with Crippen LogP contribution >= 0.6 is 11.3 Å². The van der Waals surface area contributed by atoms with Crippen molar-refractivity contribution in [3.63, 3.8) is 0 Å². The van der Waals surface area contributed by atoms with Crippen molar-refractivity contribution in [3.8, 4) is 11.1 Å². The van der Waals surface area contributed by atoms with Crippen molar-refractivity contribution in [2.24, 2.45) is 5.92 Å². The van der Waals surface area contributed by atoms with Gasteiger partial charge >= 0.3 is 0 Å². The number of anilines is 1. The molecule has 0 radical (unpaired) electrons. The van der Waals surface area contributed by atoms with Gasteiger partial charge in [0, 0.05) is 30.0 Å². The lowest BCUT2D eigenvalue weighted by Crippen LogP contribution is -2.51. The van der Waals surface area contributed by atoms with Gasteiger partial charge in [-0.1, -0.05) is 29.8 Å². The molecule has 4 nitrogen and oxygen atoms in total. The van der Waals surface area contributed by atoms with Crippen molar-refractivity contribution in [2.75, 3.05) is 18.0 Å². The van der Waals surface area contributed by atoms with Crippen LogP contribution in [0.5, 0.6) is 0 Å². The van der Waals surface area contributed by atoms with Crippen LogP contribution in [0.2, 0.25) is 0 Å². The minimum Gasteiger partial charge on any atom is -0.393 e. The number of thiophene rings is 1. The van der Waals surface area contributed by atoms with Crippen molar-refractivity contribution in [1.29, 1.82) is 0 Å². The first kappa shape index (κ1) is 14.6. The zero-order valence-corrected chi connectivity index (χ0v) is 14.0. The number of hydrogen-bond acceptors (Lipinski definition) is 5. The van der Waals surface area contributed by atoms with Crippen LogP contribution in [0.1, 0.15) is 12.5 Å². The van der Waals surface area contributed by atoms with Gasteiger partial charge in [0.15, 0.2) is 0 Å². The highest BCUT2D eigenvalue weighted by Crippen LogP contribution is 2.39. The molecule has 4 rings (SSSR count). The number of rotatable bonds is 3. The predicted octanol–water partition coefficient (Wildman–Crippen LogP) is 3.48. The lowest BCUT2D eigenvalue weighted by molar-refractivity contribution is 0.107. The topological polar surface area (TPSA) is 49.2 Å². The van der Waals surface area contributed by atoms with Gasteiger partial charge in [-0.15, -0.1) is 11.3 Å². The van der Waals surface area contributed by atoms with E-state index in [1.54, 1.807) is 17.7 Å². The Kier molecular flexibility index (Phi) is 3.54. The molecule has 1 N–H and O–H groups in total. The van der Waals surface area contributed by atoms with Crippen molar-refractivity contribution in [3.05, 3.63) is 41.5 Å². The van der Waals surface area contributed by atoms with Crippen LogP contribution < -0.4 is 4.90 Å². The summed E-state index contributed by atoms with van der Waals surface area (Å²) < 4.78 is 0. The molecule has 2 aromatic heterocycles. The van der Waals surface area contributed by atoms with Gasteiger partial charge in [0.1, 0.15) is 17.0 Å². The van der Waals surface area contributed by atoms with Gasteiger partial charge < -0.3 is 10.0 Å². The van der Waals surface area contributed by atoms with E-state index >= 15 is 0 Å². The molecule has 1 fully saturated rings. The molecule has 0 spiro atoms. The summed E-state index contributed by atoms with van der Waals surface area (Å²) in [5.74, 6) is 1.32. The third kappa shape index (κ3) is 2.50. The van der Waals surface area contributed by atoms with Gasteiger partial charge in [0.25, 0.3) is 0 Å². The summed E-state index contributed by atoms with van der Waals surface area (Å²) in [6.45, 7) is 5.67. The van der Waals surface area contributed by atoms with E-state index in [9.17, 15) is 5.11 Å². The molecule has 0 bridgehead atoms. The van der Waals surface area contributed by atoms with E-state index in [-0.39, 0.29) is 6.10 Å². The van der Waals surface area contributed by atoms with Crippen LogP contribution in [0.4, 0.5) is 5.82 Å². The van der Waals surface area contributed by atoms with Gasteiger partial charge in [0.2, 0.25) is 0 Å². The van der Waals surface area contributed by atoms with E-state index in [2.05, 4.69) is 51.4 Å². The third-order valence-corrected chi connectivity index (χ3v) is 5.49. The van der Waals surface area contributed by atoms with Gasteiger partial charge in [0.05, 0.1) is 11.5 Å². The predicted molar refractivity (Wildman–Crippen MR) is 95.0 cm³/mol. The van der Waals surface area contributed by atoms with Crippen molar-refractivity contribution in [2.45, 2.75) is 20.0 Å². The van der Waals surface area contributed by atoms with Gasteiger partial charge in [-0.2, -0.15) is 0 Å². The summed E-state index contributed by atoms with van der Waals surface area (Å²) in [6, 6.07) is 8.58. The quantitative estimate of drug-likeness (QED) is 0.801. The SMILES string of the molecule is Cc1ccc(-c2csc3ncnc(N4CC(C(C)O)C4)c23)cc1. The fourth-order valence-electron chi connectivity index (χ4n) is 3.04. The summed E-state index contributed by atoms with van der Waals surface area (Å²) in [5.41, 5.74) is 3.65. The normalized spacial score (nSPS) is 16.6. The zero-order chi connectivity index (χ0) is 16.0. The average molecular weight is 325 g/mol. The fourth-order valence-corrected chi connectivity index (χ4v) is 3.95. The van der Waals surface area contributed by atoms with Crippen LogP contribution in [0.3, 0.4) is 0 Å². The van der Waals surface area contributed by atoms with Crippen LogP contribution in [0.15, 0.2) is 36.0 Å². The van der Waals surface area contributed by atoms with Crippen LogP contribution in [-0.2, 0) is 0 Å². The summed E-state index contributed by atoms with van der Waals surface area (Å²) in [4.78, 5) is 12.2. The number of hydrogen-bond donors (Lipinski definition) is 1. The number of fused-ring (bicyclic) bond motifs is 1. The van der Waals surface area contributed by atoms with E-state index < -0.39 is 0 Å². The smallest absolute Gasteiger partial charge is 0.141 e. The molecule has 3 aromatic rings. The van der Waals surface area contributed by atoms with Crippen molar-refractivity contribution < 1.29 is 5.11 Å². The van der Waals surface area contributed by atoms with Crippen LogP contribution in [0.25, 0.3) is 21.3 Å². The van der Waals surface area contributed by atoms with Crippen molar-refractivity contribution in [1.82, 2.24) is 9.97 Å². The van der Waals surface area contributed by atoms with Gasteiger partial charge in [-0.25, -0.2) is 9.97 Å². The largest absolute Gasteiger partial charge is 0.393 e. The summed E-state index contributed by atoms with van der Waals surface area (Å²) >= 11 is 1.66. The molecule has 3 heterocycles. The molecule has 1 unspecified atom stereocenters. The molecule has 1 aromatic carbocycles. The Bertz CT molecular complexity index is 835. The number of aromatic nitrogens is 2. The van der Waals surface area contributed by atoms with E-state index in [1.165, 1.54) is 16.7 Å². The van der Waals surface area contributed by atoms with Crippen LogP contribution in [-0.4, -0.2) is 34.3 Å². The Labute approximate surface area is 139 Å². The lowest BCUT2D eigenvalue weighted by atomic mass is 9.94. The van der Waals surface area contributed by atoms with Gasteiger partial charge in [-0.3, -0.25) is 0 Å². The number of aliphatic hydroxyl groups is 1. The third-order valence-electron chi connectivity index (χ3n) is 4.60. The molecule has 0 amide bonds. The Balaban J connectivity index is 1.77. The average Bonchev–Trinajstić information content (AvgIpc) is 2.91. The second-order valence-corrected chi connectivity index (χ2v) is 7.16. The Hall–Kier alpha value is -1.98. The molecule has 1 atom stereocenters. The molecule has 0 saturated carbocycles. The maximum absolute atomic E-state index is 9.71. The second-order valence-electron chi connectivity index (χ2n) is 6.30. The number of aliphatic hydroxyl groups excluding tert-OH is 1. The molecule has 1 aliphatic rings. The summed E-state index contributed by atoms with van der Waals surface area (Å²) in [7, 11) is 0. The number of benzene rings is 1. The summed E-state index contributed by atoms with van der Waals surface area (Å²) in [6.07, 6.45) is 1.38. The fraction of sp³-hybridized carbons (Fsp3) is 0.333. The molecule has 1 aliphatic heterocycles.